The molecule has 0 spiro atoms. The number of aryl methyl sites for hydroxylation is 2. The maximum absolute atomic E-state index is 13.4. The van der Waals surface area contributed by atoms with Gasteiger partial charge in [-0.05, 0) is 60.3 Å². The molecule has 35 heavy (non-hydrogen) atoms. The van der Waals surface area contributed by atoms with Gasteiger partial charge in [0.1, 0.15) is 11.5 Å². The molecule has 3 atom stereocenters. The lowest BCUT2D eigenvalue weighted by atomic mass is 9.95. The quantitative estimate of drug-likeness (QED) is 0.665. The number of methoxy groups -OCH3 is 1. The number of hydrogen-bond donors (Lipinski definition) is 2. The number of amides is 2. The van der Waals surface area contributed by atoms with E-state index in [4.69, 9.17) is 14.6 Å². The fraction of sp³-hybridized carbons (Fsp3) is 0.583. The van der Waals surface area contributed by atoms with E-state index in [1.54, 1.807) is 11.8 Å². The van der Waals surface area contributed by atoms with Gasteiger partial charge < -0.3 is 14.8 Å². The number of nitrogens with two attached hydrogens (primary N) is 1. The zero-order valence-corrected chi connectivity index (χ0v) is 21.0. The molecule has 1 saturated heterocycles. The van der Waals surface area contributed by atoms with Crippen LogP contribution >= 0.6 is 0 Å². The SMILES string of the molecule is COC1CN([C@@H]2COc3c([S@](N)(=O)=NC(=O)Nc4c5c(cc6c4[C@@H](C)CC6)CCC5)cnn3C2)C1. The molecule has 3 N–H and O–H groups in total. The highest BCUT2D eigenvalue weighted by Crippen LogP contribution is 2.44. The molecule has 2 aliphatic heterocycles. The zero-order valence-electron chi connectivity index (χ0n) is 20.2. The Labute approximate surface area is 205 Å². The third-order valence-corrected chi connectivity index (χ3v) is 9.26. The predicted molar refractivity (Wildman–Crippen MR) is 131 cm³/mol. The number of hydrogen-bond acceptors (Lipinski definition) is 6. The maximum atomic E-state index is 13.4. The summed E-state index contributed by atoms with van der Waals surface area (Å²) in [4.78, 5) is 15.4. The molecule has 0 radical (unpaired) electrons. The number of nitrogens with one attached hydrogen (secondary N) is 1. The molecule has 0 bridgehead atoms. The molecule has 2 amide bonds. The molecule has 2 aliphatic carbocycles. The number of carbonyl (C=O) groups excluding carboxylic acids is 1. The Kier molecular flexibility index (Phi) is 5.63. The van der Waals surface area contributed by atoms with E-state index in [-0.39, 0.29) is 17.0 Å². The summed E-state index contributed by atoms with van der Waals surface area (Å²) in [5.74, 6) is 0.687. The number of aromatic nitrogens is 2. The zero-order chi connectivity index (χ0) is 24.3. The van der Waals surface area contributed by atoms with Crippen LogP contribution in [0.4, 0.5) is 10.5 Å². The second-order valence-electron chi connectivity index (χ2n) is 10.1. The minimum Gasteiger partial charge on any atom is -0.475 e. The van der Waals surface area contributed by atoms with E-state index in [2.05, 4.69) is 32.7 Å². The van der Waals surface area contributed by atoms with Crippen molar-refractivity contribution in [2.45, 2.75) is 68.5 Å². The number of likely N-dealkylation sites (tertiary alicyclic amines) is 1. The van der Waals surface area contributed by atoms with Crippen LogP contribution in [0.25, 0.3) is 0 Å². The van der Waals surface area contributed by atoms with E-state index < -0.39 is 15.9 Å². The van der Waals surface area contributed by atoms with Crippen molar-refractivity contribution in [3.8, 4) is 5.88 Å². The van der Waals surface area contributed by atoms with Crippen molar-refractivity contribution in [2.75, 3.05) is 32.1 Å². The van der Waals surface area contributed by atoms with Crippen molar-refractivity contribution in [1.82, 2.24) is 14.7 Å². The fourth-order valence-electron chi connectivity index (χ4n) is 5.95. The molecule has 6 rings (SSSR count). The Morgan fingerprint density at radius 3 is 2.91 bits per heavy atom. The summed E-state index contributed by atoms with van der Waals surface area (Å²) >= 11 is 0. The van der Waals surface area contributed by atoms with Crippen molar-refractivity contribution in [3.05, 3.63) is 34.5 Å². The highest BCUT2D eigenvalue weighted by Gasteiger charge is 2.37. The van der Waals surface area contributed by atoms with Gasteiger partial charge in [-0.3, -0.25) is 4.90 Å². The molecule has 10 nitrogen and oxygen atoms in total. The summed E-state index contributed by atoms with van der Waals surface area (Å²) < 4.78 is 30.3. The van der Waals surface area contributed by atoms with Crippen LogP contribution < -0.4 is 15.2 Å². The molecule has 1 aromatic heterocycles. The molecular weight excluding hydrogens is 468 g/mol. The first-order chi connectivity index (χ1) is 16.8. The summed E-state index contributed by atoms with van der Waals surface area (Å²) in [6.45, 7) is 4.90. The average molecular weight is 501 g/mol. The standard InChI is InChI=1S/C24H32N6O4S/c1-14-6-7-16-8-15-4-3-5-19(15)22(21(14)16)27-24(31)28-35(25,32)20-9-26-30-10-17(13-34-23(20)30)29-11-18(12-29)33-2/h8-9,14,17-18H,3-7,10-13H2,1-2H3,(H3,25,27,28,31,32)/t14-,17-,35+/m0/s1. The number of rotatable bonds is 4. The van der Waals surface area contributed by atoms with Gasteiger partial charge in [0.15, 0.2) is 9.92 Å². The van der Waals surface area contributed by atoms with Crippen LogP contribution in [-0.4, -0.2) is 63.9 Å². The van der Waals surface area contributed by atoms with Gasteiger partial charge in [0.05, 0.1) is 24.9 Å². The van der Waals surface area contributed by atoms with Gasteiger partial charge in [-0.25, -0.2) is 18.8 Å². The van der Waals surface area contributed by atoms with Gasteiger partial charge in [0, 0.05) is 25.9 Å². The first-order valence-corrected chi connectivity index (χ1v) is 13.9. The number of ether oxygens (including phenoxy) is 2. The third kappa shape index (κ3) is 3.94. The molecule has 4 aliphatic rings. The second-order valence-corrected chi connectivity index (χ2v) is 11.9. The fourth-order valence-corrected chi connectivity index (χ4v) is 6.96. The first kappa shape index (κ1) is 23.0. The molecule has 0 saturated carbocycles. The summed E-state index contributed by atoms with van der Waals surface area (Å²) in [6, 6.07) is 1.76. The van der Waals surface area contributed by atoms with Crippen LogP contribution in [-0.2, 0) is 40.5 Å². The number of carbonyl (C=O) groups is 1. The normalized spacial score (nSPS) is 25.1. The molecule has 1 aromatic carbocycles. The van der Waals surface area contributed by atoms with Crippen LogP contribution in [0, 0.1) is 0 Å². The Balaban J connectivity index is 1.24. The van der Waals surface area contributed by atoms with E-state index >= 15 is 0 Å². The summed E-state index contributed by atoms with van der Waals surface area (Å²) in [6.07, 6.45) is 6.76. The highest BCUT2D eigenvalue weighted by atomic mass is 32.2. The Bertz CT molecular complexity index is 1310. The van der Waals surface area contributed by atoms with Crippen molar-refractivity contribution in [3.63, 3.8) is 0 Å². The van der Waals surface area contributed by atoms with Crippen LogP contribution in [0.3, 0.4) is 0 Å². The number of benzene rings is 1. The monoisotopic (exact) mass is 500 g/mol. The van der Waals surface area contributed by atoms with Crippen LogP contribution in [0.15, 0.2) is 21.5 Å². The van der Waals surface area contributed by atoms with E-state index in [1.807, 2.05) is 0 Å². The van der Waals surface area contributed by atoms with Gasteiger partial charge in [-0.15, -0.1) is 4.36 Å². The molecule has 3 heterocycles. The summed E-state index contributed by atoms with van der Waals surface area (Å²) in [5, 5.41) is 13.4. The molecular formula is C24H32N6O4S. The van der Waals surface area contributed by atoms with Gasteiger partial charge >= 0.3 is 6.03 Å². The van der Waals surface area contributed by atoms with Crippen molar-refractivity contribution in [2.24, 2.45) is 9.50 Å². The number of urea groups is 1. The van der Waals surface area contributed by atoms with Crippen LogP contribution in [0.2, 0.25) is 0 Å². The lowest BCUT2D eigenvalue weighted by Gasteiger charge is -2.44. The number of anilines is 1. The Morgan fingerprint density at radius 1 is 1.29 bits per heavy atom. The van der Waals surface area contributed by atoms with E-state index in [1.165, 1.54) is 28.5 Å². The minimum atomic E-state index is -3.54. The van der Waals surface area contributed by atoms with Crippen LogP contribution in [0.5, 0.6) is 5.88 Å². The molecule has 188 valence electrons. The summed E-state index contributed by atoms with van der Waals surface area (Å²) in [5.41, 5.74) is 5.83. The topological polar surface area (TPSA) is 124 Å². The van der Waals surface area contributed by atoms with Gasteiger partial charge in [-0.2, -0.15) is 5.10 Å². The largest absolute Gasteiger partial charge is 0.475 e. The molecule has 1 fully saturated rings. The van der Waals surface area contributed by atoms with Gasteiger partial charge in [-0.1, -0.05) is 13.0 Å². The van der Waals surface area contributed by atoms with Crippen LogP contribution in [0.1, 0.15) is 47.9 Å². The van der Waals surface area contributed by atoms with Crippen molar-refractivity contribution < 1.29 is 18.5 Å². The first-order valence-electron chi connectivity index (χ1n) is 12.3. The Hall–Kier alpha value is -2.47. The van der Waals surface area contributed by atoms with Gasteiger partial charge in [0.2, 0.25) is 5.88 Å². The summed E-state index contributed by atoms with van der Waals surface area (Å²) in [7, 11) is -1.82. The molecule has 2 aromatic rings. The molecule has 0 unspecified atom stereocenters. The average Bonchev–Trinajstić information content (AvgIpc) is 3.51. The van der Waals surface area contributed by atoms with Crippen molar-refractivity contribution >= 4 is 21.6 Å². The smallest absolute Gasteiger partial charge is 0.354 e. The third-order valence-electron chi connectivity index (χ3n) is 7.91. The van der Waals surface area contributed by atoms with E-state index in [9.17, 15) is 9.00 Å². The lowest BCUT2D eigenvalue weighted by Crippen LogP contribution is -2.59. The molecule has 11 heteroatoms. The highest BCUT2D eigenvalue weighted by molar-refractivity contribution is 7.91. The second kappa shape index (κ2) is 8.58. The number of nitrogens with zero attached hydrogens (tertiary/aromatic N) is 4. The lowest BCUT2D eigenvalue weighted by molar-refractivity contribution is -0.0687. The van der Waals surface area contributed by atoms with E-state index in [0.29, 0.717) is 24.9 Å². The van der Waals surface area contributed by atoms with Crippen molar-refractivity contribution in [1.29, 1.82) is 0 Å². The Morgan fingerprint density at radius 2 is 2.11 bits per heavy atom. The predicted octanol–water partition coefficient (Wildman–Crippen LogP) is 2.45. The maximum Gasteiger partial charge on any atom is 0.354 e. The van der Waals surface area contributed by atoms with E-state index in [0.717, 1.165) is 50.9 Å². The number of fused-ring (bicyclic) bond motifs is 3. The van der Waals surface area contributed by atoms with Gasteiger partial charge in [0.25, 0.3) is 0 Å². The minimum absolute atomic E-state index is 0.153.